The van der Waals surface area contributed by atoms with Crippen LogP contribution < -0.4 is 0 Å². The van der Waals surface area contributed by atoms with Crippen molar-refractivity contribution >= 4 is 11.9 Å². The number of carbonyl (C=O) groups excluding carboxylic acids is 2. The van der Waals surface area contributed by atoms with E-state index in [0.717, 1.165) is 22.3 Å². The minimum atomic E-state index is -0.370. The number of esters is 2. The summed E-state index contributed by atoms with van der Waals surface area (Å²) >= 11 is 0. The first-order chi connectivity index (χ1) is 9.65. The van der Waals surface area contributed by atoms with E-state index in [1.807, 2.05) is 12.1 Å². The van der Waals surface area contributed by atoms with Gasteiger partial charge in [0.1, 0.15) is 0 Å². The van der Waals surface area contributed by atoms with Gasteiger partial charge >= 0.3 is 11.9 Å². The SMILES string of the molecule is COC(=O)c1ccc2c(c1)-c1cc(C(=O)OC)ccc1-2. The minimum Gasteiger partial charge on any atom is -0.465 e. The maximum Gasteiger partial charge on any atom is 0.337 e. The molecule has 0 heterocycles. The lowest BCUT2D eigenvalue weighted by atomic mass is 9.79. The van der Waals surface area contributed by atoms with E-state index in [4.69, 9.17) is 9.47 Å². The Labute approximate surface area is 115 Å². The van der Waals surface area contributed by atoms with Crippen molar-refractivity contribution < 1.29 is 19.1 Å². The normalized spacial score (nSPS) is 10.9. The fraction of sp³-hybridized carbons (Fsp3) is 0.125. The summed E-state index contributed by atoms with van der Waals surface area (Å²) in [5.74, 6) is -0.740. The largest absolute Gasteiger partial charge is 0.465 e. The van der Waals surface area contributed by atoms with Crippen LogP contribution in [0.25, 0.3) is 22.3 Å². The number of benzene rings is 2. The molecule has 4 heteroatoms. The smallest absolute Gasteiger partial charge is 0.337 e. The molecule has 0 saturated heterocycles. The van der Waals surface area contributed by atoms with E-state index < -0.39 is 0 Å². The highest BCUT2D eigenvalue weighted by molar-refractivity contribution is 6.07. The van der Waals surface area contributed by atoms with Crippen LogP contribution in [0, 0.1) is 0 Å². The fourth-order valence-corrected chi connectivity index (χ4v) is 2.43. The standard InChI is InChI=1S/C16H12O4/c1-19-15(17)9-3-5-11-12-6-4-10(16(18)20-2)8-14(12)13(11)7-9/h3-8H,1-2H3. The third-order valence-corrected chi connectivity index (χ3v) is 3.46. The molecule has 0 aromatic heterocycles. The van der Waals surface area contributed by atoms with E-state index >= 15 is 0 Å². The van der Waals surface area contributed by atoms with Crippen molar-refractivity contribution in [2.24, 2.45) is 0 Å². The molecule has 0 radical (unpaired) electrons. The Morgan fingerprint density at radius 3 is 1.45 bits per heavy atom. The second kappa shape index (κ2) is 4.49. The highest BCUT2D eigenvalue weighted by Crippen LogP contribution is 2.47. The molecule has 2 aromatic rings. The molecule has 2 aromatic carbocycles. The van der Waals surface area contributed by atoms with Gasteiger partial charge in [0.05, 0.1) is 25.3 Å². The Kier molecular flexibility index (Phi) is 2.79. The summed E-state index contributed by atoms with van der Waals surface area (Å²) in [4.78, 5) is 23.1. The van der Waals surface area contributed by atoms with Crippen LogP contribution in [0.1, 0.15) is 20.7 Å². The van der Waals surface area contributed by atoms with Gasteiger partial charge in [-0.2, -0.15) is 0 Å². The molecule has 0 amide bonds. The van der Waals surface area contributed by atoms with E-state index in [2.05, 4.69) is 0 Å². The van der Waals surface area contributed by atoms with Gasteiger partial charge in [0.25, 0.3) is 0 Å². The van der Waals surface area contributed by atoms with Crippen LogP contribution in [0.15, 0.2) is 36.4 Å². The Hall–Kier alpha value is -2.62. The number of fused-ring (bicyclic) bond motifs is 4. The van der Waals surface area contributed by atoms with Gasteiger partial charge in [-0.25, -0.2) is 9.59 Å². The lowest BCUT2D eigenvalue weighted by Crippen LogP contribution is -2.07. The minimum absolute atomic E-state index is 0.370. The topological polar surface area (TPSA) is 52.6 Å². The van der Waals surface area contributed by atoms with Crippen molar-refractivity contribution in [2.45, 2.75) is 0 Å². The van der Waals surface area contributed by atoms with E-state index in [1.54, 1.807) is 24.3 Å². The van der Waals surface area contributed by atoms with Crippen LogP contribution in [0.5, 0.6) is 0 Å². The van der Waals surface area contributed by atoms with Crippen molar-refractivity contribution in [1.82, 2.24) is 0 Å². The van der Waals surface area contributed by atoms with E-state index in [9.17, 15) is 9.59 Å². The van der Waals surface area contributed by atoms with Gasteiger partial charge in [0.15, 0.2) is 0 Å². The first-order valence-corrected chi connectivity index (χ1v) is 6.11. The van der Waals surface area contributed by atoms with Crippen molar-refractivity contribution in [3.8, 4) is 22.3 Å². The molecule has 0 atom stereocenters. The second-order valence-corrected chi connectivity index (χ2v) is 4.50. The predicted molar refractivity (Wildman–Crippen MR) is 73.6 cm³/mol. The molecule has 0 spiro atoms. The molecule has 0 unspecified atom stereocenters. The summed E-state index contributed by atoms with van der Waals surface area (Å²) in [6.45, 7) is 0. The fourth-order valence-electron chi connectivity index (χ4n) is 2.43. The Balaban J connectivity index is 2.04. The van der Waals surface area contributed by atoms with Crippen LogP contribution in [-0.4, -0.2) is 26.2 Å². The van der Waals surface area contributed by atoms with Gasteiger partial charge in [-0.15, -0.1) is 0 Å². The third kappa shape index (κ3) is 1.69. The molecule has 0 fully saturated rings. The van der Waals surface area contributed by atoms with Gasteiger partial charge < -0.3 is 9.47 Å². The zero-order chi connectivity index (χ0) is 14.3. The molecule has 0 aliphatic heterocycles. The molecule has 1 aliphatic rings. The Morgan fingerprint density at radius 1 is 0.700 bits per heavy atom. The Bertz CT molecular complexity index is 668. The molecular formula is C16H12O4. The molecule has 0 saturated carbocycles. The zero-order valence-electron chi connectivity index (χ0n) is 11.1. The highest BCUT2D eigenvalue weighted by Gasteiger charge is 2.25. The first-order valence-electron chi connectivity index (χ1n) is 6.11. The number of carbonyl (C=O) groups is 2. The number of methoxy groups -OCH3 is 2. The summed E-state index contributed by atoms with van der Waals surface area (Å²) in [7, 11) is 2.70. The number of rotatable bonds is 2. The monoisotopic (exact) mass is 268 g/mol. The van der Waals surface area contributed by atoms with Gasteiger partial charge in [-0.05, 0) is 46.5 Å². The summed E-state index contributed by atoms with van der Waals surface area (Å²) in [5, 5.41) is 0. The van der Waals surface area contributed by atoms with Crippen molar-refractivity contribution in [2.75, 3.05) is 14.2 Å². The van der Waals surface area contributed by atoms with Gasteiger partial charge in [-0.1, -0.05) is 12.1 Å². The first kappa shape index (κ1) is 12.4. The second-order valence-electron chi connectivity index (χ2n) is 4.50. The predicted octanol–water partition coefficient (Wildman–Crippen LogP) is 2.91. The summed E-state index contributed by atoms with van der Waals surface area (Å²) < 4.78 is 9.42. The average molecular weight is 268 g/mol. The third-order valence-electron chi connectivity index (χ3n) is 3.46. The quantitative estimate of drug-likeness (QED) is 0.670. The van der Waals surface area contributed by atoms with Gasteiger partial charge in [0.2, 0.25) is 0 Å². The average Bonchev–Trinajstić information content (AvgIpc) is 2.50. The lowest BCUT2D eigenvalue weighted by molar-refractivity contribution is 0.0591. The summed E-state index contributed by atoms with van der Waals surface area (Å²) in [5.41, 5.74) is 5.05. The molecule has 1 aliphatic carbocycles. The Morgan fingerprint density at radius 2 is 1.10 bits per heavy atom. The molecule has 0 N–H and O–H groups in total. The summed E-state index contributed by atoms with van der Waals surface area (Å²) in [6.07, 6.45) is 0. The highest BCUT2D eigenvalue weighted by atomic mass is 16.5. The van der Waals surface area contributed by atoms with E-state index in [1.165, 1.54) is 14.2 Å². The number of hydrogen-bond donors (Lipinski definition) is 0. The zero-order valence-corrected chi connectivity index (χ0v) is 11.1. The van der Waals surface area contributed by atoms with E-state index in [-0.39, 0.29) is 11.9 Å². The maximum absolute atomic E-state index is 11.5. The van der Waals surface area contributed by atoms with Gasteiger partial charge in [0, 0.05) is 0 Å². The van der Waals surface area contributed by atoms with Crippen LogP contribution in [0.4, 0.5) is 0 Å². The molecule has 20 heavy (non-hydrogen) atoms. The van der Waals surface area contributed by atoms with Crippen LogP contribution in [0.3, 0.4) is 0 Å². The van der Waals surface area contributed by atoms with Crippen molar-refractivity contribution in [1.29, 1.82) is 0 Å². The van der Waals surface area contributed by atoms with E-state index in [0.29, 0.717) is 11.1 Å². The molecule has 3 rings (SSSR count). The number of ether oxygens (including phenoxy) is 2. The summed E-state index contributed by atoms with van der Waals surface area (Å²) in [6, 6.07) is 10.8. The van der Waals surface area contributed by atoms with Crippen molar-refractivity contribution in [3.05, 3.63) is 47.5 Å². The van der Waals surface area contributed by atoms with Crippen LogP contribution >= 0.6 is 0 Å². The molecule has 0 bridgehead atoms. The lowest BCUT2D eigenvalue weighted by Gasteiger charge is -2.24. The maximum atomic E-state index is 11.5. The van der Waals surface area contributed by atoms with Crippen LogP contribution in [0.2, 0.25) is 0 Å². The van der Waals surface area contributed by atoms with Crippen molar-refractivity contribution in [3.63, 3.8) is 0 Å². The molecular weight excluding hydrogens is 256 g/mol. The van der Waals surface area contributed by atoms with Gasteiger partial charge in [-0.3, -0.25) is 0 Å². The number of hydrogen-bond acceptors (Lipinski definition) is 4. The van der Waals surface area contributed by atoms with Crippen LogP contribution in [-0.2, 0) is 9.47 Å². The molecule has 100 valence electrons. The molecule has 4 nitrogen and oxygen atoms in total.